The van der Waals surface area contributed by atoms with Gasteiger partial charge in [-0.3, -0.25) is 4.79 Å². The van der Waals surface area contributed by atoms with Crippen LogP contribution < -0.4 is 5.32 Å². The highest BCUT2D eigenvalue weighted by Crippen LogP contribution is 2.16. The van der Waals surface area contributed by atoms with Crippen LogP contribution in [-0.4, -0.2) is 17.6 Å². The summed E-state index contributed by atoms with van der Waals surface area (Å²) in [6.45, 7) is -0.254. The number of aliphatic hydroxyl groups excluding tert-OH is 1. The minimum Gasteiger partial charge on any atom is -0.386 e. The van der Waals surface area contributed by atoms with Gasteiger partial charge in [-0.25, -0.2) is 13.2 Å². The van der Waals surface area contributed by atoms with Gasteiger partial charge in [-0.15, -0.1) is 0 Å². The predicted molar refractivity (Wildman–Crippen MR) is 74.4 cm³/mol. The van der Waals surface area contributed by atoms with E-state index in [1.807, 2.05) is 0 Å². The third-order valence-electron chi connectivity index (χ3n) is 3.16. The molecule has 2 rings (SSSR count). The fourth-order valence-electron chi connectivity index (χ4n) is 1.99. The Bertz CT molecular complexity index is 656. The summed E-state index contributed by atoms with van der Waals surface area (Å²) in [4.78, 5) is 11.7. The van der Waals surface area contributed by atoms with E-state index in [9.17, 15) is 23.1 Å². The Kier molecular flexibility index (Phi) is 5.16. The van der Waals surface area contributed by atoms with Crippen LogP contribution in [-0.2, 0) is 11.2 Å². The van der Waals surface area contributed by atoms with Gasteiger partial charge in [0.2, 0.25) is 5.91 Å². The molecule has 3 nitrogen and oxygen atoms in total. The molecule has 0 radical (unpaired) electrons. The van der Waals surface area contributed by atoms with Gasteiger partial charge in [0.25, 0.3) is 0 Å². The van der Waals surface area contributed by atoms with Crippen LogP contribution in [0.15, 0.2) is 42.5 Å². The summed E-state index contributed by atoms with van der Waals surface area (Å²) in [6.07, 6.45) is -1.74. The van der Waals surface area contributed by atoms with E-state index in [1.54, 1.807) is 6.07 Å². The van der Waals surface area contributed by atoms with Gasteiger partial charge < -0.3 is 10.4 Å². The number of rotatable bonds is 5. The highest BCUT2D eigenvalue weighted by atomic mass is 19.1. The molecule has 6 heteroatoms. The molecule has 2 aromatic rings. The molecular weight excluding hydrogens is 295 g/mol. The second-order valence-electron chi connectivity index (χ2n) is 4.72. The van der Waals surface area contributed by atoms with E-state index in [-0.39, 0.29) is 17.7 Å². The second kappa shape index (κ2) is 7.09. The second-order valence-corrected chi connectivity index (χ2v) is 4.72. The van der Waals surface area contributed by atoms with Gasteiger partial charge in [0.1, 0.15) is 17.5 Å². The highest BCUT2D eigenvalue weighted by Gasteiger charge is 2.16. The van der Waals surface area contributed by atoms with Gasteiger partial charge >= 0.3 is 0 Å². The fourth-order valence-corrected chi connectivity index (χ4v) is 1.99. The zero-order valence-electron chi connectivity index (χ0n) is 11.5. The van der Waals surface area contributed by atoms with Crippen LogP contribution in [0.25, 0.3) is 0 Å². The number of carbonyl (C=O) groups excluding carboxylic acids is 1. The predicted octanol–water partition coefficient (Wildman–Crippen LogP) is 2.50. The van der Waals surface area contributed by atoms with E-state index in [2.05, 4.69) is 5.32 Å². The van der Waals surface area contributed by atoms with Crippen LogP contribution in [0.1, 0.15) is 17.2 Å². The molecule has 2 aromatic carbocycles. The van der Waals surface area contributed by atoms with Crippen molar-refractivity contribution in [3.05, 3.63) is 71.0 Å². The lowest BCUT2D eigenvalue weighted by atomic mass is 10.1. The highest BCUT2D eigenvalue weighted by molar-refractivity contribution is 5.78. The molecule has 0 saturated carbocycles. The molecule has 0 aliphatic rings. The summed E-state index contributed by atoms with van der Waals surface area (Å²) >= 11 is 0. The number of benzene rings is 2. The van der Waals surface area contributed by atoms with E-state index >= 15 is 0 Å². The first-order valence-corrected chi connectivity index (χ1v) is 6.61. The molecule has 0 saturated heterocycles. The molecule has 0 bridgehead atoms. The van der Waals surface area contributed by atoms with E-state index in [4.69, 9.17) is 0 Å². The standard InChI is InChI=1S/C16H14F3NO2/c17-12-5-2-1-4-10(12)15(21)9-20-16(22)8-11-13(18)6-3-7-14(11)19/h1-7,15,21H,8-9H2,(H,20,22). The number of hydrogen-bond acceptors (Lipinski definition) is 2. The largest absolute Gasteiger partial charge is 0.386 e. The van der Waals surface area contributed by atoms with Gasteiger partial charge in [0.15, 0.2) is 0 Å². The van der Waals surface area contributed by atoms with Crippen molar-refractivity contribution in [2.45, 2.75) is 12.5 Å². The van der Waals surface area contributed by atoms with Crippen molar-refractivity contribution in [1.29, 1.82) is 0 Å². The Morgan fingerprint density at radius 3 is 2.23 bits per heavy atom. The molecule has 1 unspecified atom stereocenters. The zero-order chi connectivity index (χ0) is 16.1. The van der Waals surface area contributed by atoms with Crippen molar-refractivity contribution < 1.29 is 23.1 Å². The molecule has 116 valence electrons. The lowest BCUT2D eigenvalue weighted by Crippen LogP contribution is -2.30. The van der Waals surface area contributed by atoms with E-state index < -0.39 is 35.9 Å². The maximum absolute atomic E-state index is 13.4. The van der Waals surface area contributed by atoms with Crippen molar-refractivity contribution in [2.24, 2.45) is 0 Å². The quantitative estimate of drug-likeness (QED) is 0.891. The van der Waals surface area contributed by atoms with Crippen LogP contribution in [0, 0.1) is 17.5 Å². The van der Waals surface area contributed by atoms with Crippen LogP contribution in [0.2, 0.25) is 0 Å². The number of nitrogens with one attached hydrogen (secondary N) is 1. The number of halogens is 3. The maximum Gasteiger partial charge on any atom is 0.224 e. The normalized spacial score (nSPS) is 12.0. The van der Waals surface area contributed by atoms with Crippen molar-refractivity contribution in [3.8, 4) is 0 Å². The lowest BCUT2D eigenvalue weighted by Gasteiger charge is -2.13. The van der Waals surface area contributed by atoms with Gasteiger partial charge in [-0.2, -0.15) is 0 Å². The molecule has 1 atom stereocenters. The molecule has 2 N–H and O–H groups in total. The topological polar surface area (TPSA) is 49.3 Å². The molecule has 0 spiro atoms. The van der Waals surface area contributed by atoms with E-state index in [0.29, 0.717) is 0 Å². The number of amides is 1. The minimum atomic E-state index is -1.24. The number of aliphatic hydroxyl groups is 1. The summed E-state index contributed by atoms with van der Waals surface area (Å²) in [5.74, 6) is -2.89. The zero-order valence-corrected chi connectivity index (χ0v) is 11.5. The molecule has 0 fully saturated rings. The SMILES string of the molecule is O=C(Cc1c(F)cccc1F)NCC(O)c1ccccc1F. The van der Waals surface area contributed by atoms with Crippen molar-refractivity contribution >= 4 is 5.91 Å². The van der Waals surface area contributed by atoms with Gasteiger partial charge in [-0.1, -0.05) is 24.3 Å². The molecule has 0 aromatic heterocycles. The van der Waals surface area contributed by atoms with E-state index in [1.165, 1.54) is 24.3 Å². The molecular formula is C16H14F3NO2. The Hall–Kier alpha value is -2.34. The van der Waals surface area contributed by atoms with Crippen LogP contribution >= 0.6 is 0 Å². The Morgan fingerprint density at radius 2 is 1.59 bits per heavy atom. The molecule has 22 heavy (non-hydrogen) atoms. The Labute approximate surface area is 125 Å². The number of hydrogen-bond donors (Lipinski definition) is 2. The average molecular weight is 309 g/mol. The average Bonchev–Trinajstić information content (AvgIpc) is 2.49. The monoisotopic (exact) mass is 309 g/mol. The first-order valence-electron chi connectivity index (χ1n) is 6.61. The van der Waals surface area contributed by atoms with Gasteiger partial charge in [-0.05, 0) is 18.2 Å². The molecule has 0 aliphatic carbocycles. The van der Waals surface area contributed by atoms with Crippen molar-refractivity contribution in [3.63, 3.8) is 0 Å². The van der Waals surface area contributed by atoms with Crippen LogP contribution in [0.3, 0.4) is 0 Å². The fraction of sp³-hybridized carbons (Fsp3) is 0.188. The van der Waals surface area contributed by atoms with Gasteiger partial charge in [0.05, 0.1) is 12.5 Å². The third kappa shape index (κ3) is 3.85. The summed E-state index contributed by atoms with van der Waals surface area (Å²) in [6, 6.07) is 8.93. The van der Waals surface area contributed by atoms with Crippen LogP contribution in [0.4, 0.5) is 13.2 Å². The summed E-state index contributed by atoms with van der Waals surface area (Å²) in [5.41, 5.74) is -0.305. The Balaban J connectivity index is 1.95. The lowest BCUT2D eigenvalue weighted by molar-refractivity contribution is -0.121. The van der Waals surface area contributed by atoms with Gasteiger partial charge in [0, 0.05) is 17.7 Å². The van der Waals surface area contributed by atoms with Crippen molar-refractivity contribution in [2.75, 3.05) is 6.54 Å². The summed E-state index contributed by atoms with van der Waals surface area (Å²) < 4.78 is 40.3. The first-order chi connectivity index (χ1) is 10.5. The summed E-state index contributed by atoms with van der Waals surface area (Å²) in [7, 11) is 0. The smallest absolute Gasteiger partial charge is 0.224 e. The van der Waals surface area contributed by atoms with E-state index in [0.717, 1.165) is 12.1 Å². The number of carbonyl (C=O) groups is 1. The molecule has 0 aliphatic heterocycles. The summed E-state index contributed by atoms with van der Waals surface area (Å²) in [5, 5.41) is 12.1. The minimum absolute atomic E-state index is 0.0415. The van der Waals surface area contributed by atoms with Crippen LogP contribution in [0.5, 0.6) is 0 Å². The molecule has 0 heterocycles. The van der Waals surface area contributed by atoms with Crippen molar-refractivity contribution in [1.82, 2.24) is 5.32 Å². The maximum atomic E-state index is 13.4. The molecule has 1 amide bonds. The third-order valence-corrected chi connectivity index (χ3v) is 3.16. The Morgan fingerprint density at radius 1 is 1.00 bits per heavy atom. The first kappa shape index (κ1) is 16.0.